The van der Waals surface area contributed by atoms with Gasteiger partial charge in [-0.1, -0.05) is 6.07 Å². The van der Waals surface area contributed by atoms with Crippen LogP contribution in [-0.2, 0) is 29.6 Å². The van der Waals surface area contributed by atoms with E-state index in [1.54, 1.807) is 6.92 Å². The van der Waals surface area contributed by atoms with Gasteiger partial charge in [0, 0.05) is 0 Å². The van der Waals surface area contributed by atoms with Crippen molar-refractivity contribution in [2.75, 3.05) is 17.6 Å². The Morgan fingerprint density at radius 2 is 1.90 bits per heavy atom. The lowest BCUT2D eigenvalue weighted by Crippen LogP contribution is -2.24. The van der Waals surface area contributed by atoms with Crippen molar-refractivity contribution in [2.45, 2.75) is 11.8 Å². The Kier molecular flexibility index (Phi) is 4.73. The third kappa shape index (κ3) is 4.47. The standard InChI is InChI=1S/C10H14N2O6S2/c1-7-3-4-8(20(11,16)17)5-9(7)12-19(14,15)6-10(13)18-2/h3-5,12H,6H2,1-2H3,(H2,11,16,17). The van der Waals surface area contributed by atoms with Crippen molar-refractivity contribution in [1.29, 1.82) is 0 Å². The van der Waals surface area contributed by atoms with E-state index in [-0.39, 0.29) is 10.6 Å². The minimum Gasteiger partial charge on any atom is -0.468 e. The summed E-state index contributed by atoms with van der Waals surface area (Å²) in [5, 5.41) is 4.96. The second-order valence-corrected chi connectivity index (χ2v) is 7.24. The average Bonchev–Trinajstić information content (AvgIpc) is 2.29. The van der Waals surface area contributed by atoms with Crippen molar-refractivity contribution in [3.05, 3.63) is 23.8 Å². The number of methoxy groups -OCH3 is 1. The van der Waals surface area contributed by atoms with E-state index >= 15 is 0 Å². The molecule has 0 radical (unpaired) electrons. The number of sulfonamides is 2. The van der Waals surface area contributed by atoms with E-state index in [4.69, 9.17) is 5.14 Å². The molecule has 0 bridgehead atoms. The fourth-order valence-electron chi connectivity index (χ4n) is 1.31. The van der Waals surface area contributed by atoms with Crippen LogP contribution in [0.5, 0.6) is 0 Å². The first-order chi connectivity index (χ1) is 9.05. The molecule has 0 heterocycles. The summed E-state index contributed by atoms with van der Waals surface area (Å²) in [7, 11) is -6.88. The predicted octanol–water partition coefficient (Wildman–Crippen LogP) is -0.443. The van der Waals surface area contributed by atoms with Gasteiger partial charge in [-0.05, 0) is 24.6 Å². The van der Waals surface area contributed by atoms with Crippen molar-refractivity contribution < 1.29 is 26.4 Å². The highest BCUT2D eigenvalue weighted by molar-refractivity contribution is 7.93. The highest BCUT2D eigenvalue weighted by Crippen LogP contribution is 2.20. The predicted molar refractivity (Wildman–Crippen MR) is 72.0 cm³/mol. The number of primary sulfonamides is 1. The largest absolute Gasteiger partial charge is 0.468 e. The molecule has 0 saturated heterocycles. The smallest absolute Gasteiger partial charge is 0.322 e. The number of aryl methyl sites for hydroxylation is 1. The second-order valence-electron chi connectivity index (χ2n) is 3.96. The van der Waals surface area contributed by atoms with Crippen molar-refractivity contribution >= 4 is 31.7 Å². The first kappa shape index (κ1) is 16.4. The Hall–Kier alpha value is -1.65. The second kappa shape index (κ2) is 5.77. The summed E-state index contributed by atoms with van der Waals surface area (Å²) in [5.41, 5.74) is 0.506. The SMILES string of the molecule is COC(=O)CS(=O)(=O)Nc1cc(S(N)(=O)=O)ccc1C. The van der Waals surface area contributed by atoms with Crippen LogP contribution >= 0.6 is 0 Å². The number of nitrogens with one attached hydrogen (secondary N) is 1. The number of hydrogen-bond donors (Lipinski definition) is 2. The summed E-state index contributed by atoms with van der Waals surface area (Å²) in [4.78, 5) is 10.7. The van der Waals surface area contributed by atoms with E-state index in [0.29, 0.717) is 5.56 Å². The van der Waals surface area contributed by atoms with Gasteiger partial charge in [0.05, 0.1) is 17.7 Å². The molecule has 0 fully saturated rings. The Balaban J connectivity index is 3.12. The van der Waals surface area contributed by atoms with Gasteiger partial charge in [0.15, 0.2) is 5.75 Å². The van der Waals surface area contributed by atoms with Gasteiger partial charge in [0.1, 0.15) is 0 Å². The maximum absolute atomic E-state index is 11.7. The van der Waals surface area contributed by atoms with Crippen LogP contribution in [0.2, 0.25) is 0 Å². The van der Waals surface area contributed by atoms with E-state index in [2.05, 4.69) is 9.46 Å². The zero-order valence-electron chi connectivity index (χ0n) is 10.8. The summed E-state index contributed by atoms with van der Waals surface area (Å²) in [6.45, 7) is 1.57. The van der Waals surface area contributed by atoms with Crippen LogP contribution in [0.15, 0.2) is 23.1 Å². The summed E-state index contributed by atoms with van der Waals surface area (Å²) < 4.78 is 52.2. The highest BCUT2D eigenvalue weighted by atomic mass is 32.2. The maximum Gasteiger partial charge on any atom is 0.322 e. The van der Waals surface area contributed by atoms with Crippen LogP contribution in [0.1, 0.15) is 5.56 Å². The number of esters is 1. The van der Waals surface area contributed by atoms with Crippen LogP contribution in [-0.4, -0.2) is 35.7 Å². The monoisotopic (exact) mass is 322 g/mol. The molecule has 0 spiro atoms. The summed E-state index contributed by atoms with van der Waals surface area (Å²) in [6.07, 6.45) is 0. The lowest BCUT2D eigenvalue weighted by atomic mass is 10.2. The molecule has 20 heavy (non-hydrogen) atoms. The molecule has 0 atom stereocenters. The molecule has 112 valence electrons. The lowest BCUT2D eigenvalue weighted by molar-refractivity contribution is -0.137. The number of carbonyl (C=O) groups is 1. The fraction of sp³-hybridized carbons (Fsp3) is 0.300. The molecular weight excluding hydrogens is 308 g/mol. The Morgan fingerprint density at radius 3 is 2.40 bits per heavy atom. The molecule has 1 rings (SSSR count). The molecule has 1 aromatic carbocycles. The average molecular weight is 322 g/mol. The maximum atomic E-state index is 11.7. The third-order valence-electron chi connectivity index (χ3n) is 2.34. The van der Waals surface area contributed by atoms with E-state index in [1.807, 2.05) is 0 Å². The van der Waals surface area contributed by atoms with Crippen LogP contribution in [0.25, 0.3) is 0 Å². The van der Waals surface area contributed by atoms with Crippen LogP contribution < -0.4 is 9.86 Å². The van der Waals surface area contributed by atoms with Crippen molar-refractivity contribution in [3.8, 4) is 0 Å². The molecule has 0 aliphatic rings. The summed E-state index contributed by atoms with van der Waals surface area (Å²) >= 11 is 0. The van der Waals surface area contributed by atoms with E-state index in [9.17, 15) is 21.6 Å². The number of rotatable bonds is 5. The quantitative estimate of drug-likeness (QED) is 0.706. The lowest BCUT2D eigenvalue weighted by Gasteiger charge is -2.11. The molecule has 0 aliphatic heterocycles. The highest BCUT2D eigenvalue weighted by Gasteiger charge is 2.19. The minimum absolute atomic E-state index is 0.0282. The molecule has 0 aliphatic carbocycles. The molecule has 3 N–H and O–H groups in total. The molecule has 0 amide bonds. The van der Waals surface area contributed by atoms with Crippen LogP contribution in [0.3, 0.4) is 0 Å². The molecule has 0 aromatic heterocycles. The zero-order chi connectivity index (χ0) is 15.6. The number of ether oxygens (including phenoxy) is 1. The zero-order valence-corrected chi connectivity index (χ0v) is 12.4. The molecule has 1 aromatic rings. The number of anilines is 1. The van der Waals surface area contributed by atoms with Gasteiger partial charge in [0.2, 0.25) is 20.0 Å². The van der Waals surface area contributed by atoms with Gasteiger partial charge in [-0.2, -0.15) is 0 Å². The van der Waals surface area contributed by atoms with Gasteiger partial charge >= 0.3 is 5.97 Å². The Morgan fingerprint density at radius 1 is 1.30 bits per heavy atom. The normalized spacial score (nSPS) is 11.9. The fourth-order valence-corrected chi connectivity index (χ4v) is 2.90. The van der Waals surface area contributed by atoms with E-state index < -0.39 is 31.8 Å². The molecule has 10 heteroatoms. The first-order valence-electron chi connectivity index (χ1n) is 5.26. The molecular formula is C10H14N2O6S2. The first-order valence-corrected chi connectivity index (χ1v) is 8.46. The van der Waals surface area contributed by atoms with Gasteiger partial charge < -0.3 is 4.74 Å². The van der Waals surface area contributed by atoms with Crippen LogP contribution in [0.4, 0.5) is 5.69 Å². The Bertz CT molecular complexity index is 724. The van der Waals surface area contributed by atoms with E-state index in [0.717, 1.165) is 13.2 Å². The summed E-state index contributed by atoms with van der Waals surface area (Å²) in [5.74, 6) is -1.81. The molecule has 0 unspecified atom stereocenters. The van der Waals surface area contributed by atoms with Crippen molar-refractivity contribution in [1.82, 2.24) is 0 Å². The number of nitrogens with two attached hydrogens (primary N) is 1. The van der Waals surface area contributed by atoms with Gasteiger partial charge in [-0.3, -0.25) is 9.52 Å². The van der Waals surface area contributed by atoms with Gasteiger partial charge in [-0.25, -0.2) is 22.0 Å². The summed E-state index contributed by atoms with van der Waals surface area (Å²) in [6, 6.07) is 3.73. The topological polar surface area (TPSA) is 133 Å². The Labute approximate surface area is 117 Å². The number of carbonyl (C=O) groups excluding carboxylic acids is 1. The number of benzene rings is 1. The third-order valence-corrected chi connectivity index (χ3v) is 4.40. The van der Waals surface area contributed by atoms with Gasteiger partial charge in [-0.15, -0.1) is 0 Å². The van der Waals surface area contributed by atoms with Crippen molar-refractivity contribution in [2.24, 2.45) is 5.14 Å². The van der Waals surface area contributed by atoms with Gasteiger partial charge in [0.25, 0.3) is 0 Å². The van der Waals surface area contributed by atoms with Crippen molar-refractivity contribution in [3.63, 3.8) is 0 Å². The number of hydrogen-bond acceptors (Lipinski definition) is 6. The molecule has 8 nitrogen and oxygen atoms in total. The molecule has 0 saturated carbocycles. The minimum atomic E-state index is -3.99. The van der Waals surface area contributed by atoms with Crippen LogP contribution in [0, 0.1) is 6.92 Å². The van der Waals surface area contributed by atoms with E-state index in [1.165, 1.54) is 12.1 Å².